The van der Waals surface area contributed by atoms with E-state index < -0.39 is 0 Å². The van der Waals surface area contributed by atoms with Gasteiger partial charge in [-0.15, -0.1) is 0 Å². The number of methoxy groups -OCH3 is 1. The summed E-state index contributed by atoms with van der Waals surface area (Å²) in [6.07, 6.45) is 4.13. The van der Waals surface area contributed by atoms with Crippen molar-refractivity contribution in [1.82, 2.24) is 9.97 Å². The van der Waals surface area contributed by atoms with Crippen LogP contribution in [-0.2, 0) is 11.2 Å². The average molecular weight is 270 g/mol. The van der Waals surface area contributed by atoms with Crippen LogP contribution >= 0.6 is 0 Å². The topological polar surface area (TPSA) is 35.0 Å². The number of benzene rings is 1. The lowest BCUT2D eigenvalue weighted by molar-refractivity contribution is 0.119. The number of hydrogen-bond donors (Lipinski definition) is 0. The number of rotatable bonds is 5. The van der Waals surface area contributed by atoms with Crippen LogP contribution < -0.4 is 0 Å². The molecule has 3 nitrogen and oxygen atoms in total. The fraction of sp³-hybridized carbons (Fsp3) is 0.412. The molecule has 0 saturated heterocycles. The molecule has 20 heavy (non-hydrogen) atoms. The zero-order chi connectivity index (χ0) is 14.5. The predicted molar refractivity (Wildman–Crippen MR) is 81.6 cm³/mol. The van der Waals surface area contributed by atoms with Crippen molar-refractivity contribution < 1.29 is 4.74 Å². The molecule has 1 aromatic heterocycles. The van der Waals surface area contributed by atoms with E-state index in [0.717, 1.165) is 29.9 Å². The lowest BCUT2D eigenvalue weighted by atomic mass is 10.0. The maximum absolute atomic E-state index is 5.40. The molecule has 2 aromatic rings. The number of nitrogens with zero attached hydrogens (tertiary/aromatic N) is 2. The fourth-order valence-corrected chi connectivity index (χ4v) is 2.27. The molecule has 0 saturated carbocycles. The quantitative estimate of drug-likeness (QED) is 0.820. The number of aryl methyl sites for hydroxylation is 2. The van der Waals surface area contributed by atoms with Gasteiger partial charge in [0.25, 0.3) is 0 Å². The lowest BCUT2D eigenvalue weighted by Gasteiger charge is -2.13. The molecule has 1 heterocycles. The Kier molecular flexibility index (Phi) is 4.85. The summed E-state index contributed by atoms with van der Waals surface area (Å²) in [6, 6.07) is 8.42. The maximum atomic E-state index is 5.40. The summed E-state index contributed by atoms with van der Waals surface area (Å²) >= 11 is 0. The van der Waals surface area contributed by atoms with E-state index in [1.54, 1.807) is 7.11 Å². The van der Waals surface area contributed by atoms with Crippen LogP contribution in [0.1, 0.15) is 43.3 Å². The Hall–Kier alpha value is -1.74. The van der Waals surface area contributed by atoms with Crippen molar-refractivity contribution >= 4 is 0 Å². The third-order valence-electron chi connectivity index (χ3n) is 3.49. The lowest BCUT2D eigenvalue weighted by Crippen LogP contribution is -2.00. The Labute approximate surface area is 121 Å². The molecule has 2 rings (SSSR count). The second-order valence-electron chi connectivity index (χ2n) is 5.04. The van der Waals surface area contributed by atoms with Crippen LogP contribution in [0.4, 0.5) is 0 Å². The van der Waals surface area contributed by atoms with Gasteiger partial charge in [-0.05, 0) is 37.5 Å². The molecule has 0 spiro atoms. The first kappa shape index (κ1) is 14.7. The fourth-order valence-electron chi connectivity index (χ4n) is 2.27. The Morgan fingerprint density at radius 2 is 2.10 bits per heavy atom. The van der Waals surface area contributed by atoms with E-state index in [9.17, 15) is 0 Å². The van der Waals surface area contributed by atoms with Crippen LogP contribution in [-0.4, -0.2) is 17.1 Å². The molecule has 0 fully saturated rings. The predicted octanol–water partition coefficient (Wildman–Crippen LogP) is 4.11. The molecular weight excluding hydrogens is 248 g/mol. The van der Waals surface area contributed by atoms with Gasteiger partial charge in [-0.3, -0.25) is 0 Å². The molecule has 0 aliphatic carbocycles. The highest BCUT2D eigenvalue weighted by atomic mass is 16.5. The molecule has 0 bridgehead atoms. The molecule has 106 valence electrons. The molecule has 3 heteroatoms. The SMILES string of the molecule is CCCc1cnc(C)nc1-c1cccc(C(C)OC)c1. The Bertz CT molecular complexity index is 581. The molecule has 0 aliphatic rings. The van der Waals surface area contributed by atoms with Crippen molar-refractivity contribution in [2.24, 2.45) is 0 Å². The first-order chi connectivity index (χ1) is 9.65. The molecule has 0 radical (unpaired) electrons. The molecule has 0 amide bonds. The normalized spacial score (nSPS) is 12.4. The first-order valence-corrected chi connectivity index (χ1v) is 7.11. The summed E-state index contributed by atoms with van der Waals surface area (Å²) in [7, 11) is 1.73. The Balaban J connectivity index is 2.47. The summed E-state index contributed by atoms with van der Waals surface area (Å²) in [5.74, 6) is 0.810. The Morgan fingerprint density at radius 3 is 2.80 bits per heavy atom. The summed E-state index contributed by atoms with van der Waals surface area (Å²) < 4.78 is 5.40. The van der Waals surface area contributed by atoms with E-state index in [-0.39, 0.29) is 6.10 Å². The standard InChI is InChI=1S/C17H22N2O/c1-5-7-16-11-18-13(3)19-17(16)15-9-6-8-14(10-15)12(2)20-4/h6,8-12H,5,7H2,1-4H3. The Morgan fingerprint density at radius 1 is 1.30 bits per heavy atom. The number of aromatic nitrogens is 2. The van der Waals surface area contributed by atoms with Gasteiger partial charge >= 0.3 is 0 Å². The van der Waals surface area contributed by atoms with Gasteiger partial charge in [0.05, 0.1) is 11.8 Å². The van der Waals surface area contributed by atoms with Crippen LogP contribution in [0.25, 0.3) is 11.3 Å². The third kappa shape index (κ3) is 3.23. The van der Waals surface area contributed by atoms with Crippen molar-refractivity contribution in [2.75, 3.05) is 7.11 Å². The largest absolute Gasteiger partial charge is 0.377 e. The van der Waals surface area contributed by atoms with Gasteiger partial charge < -0.3 is 4.74 Å². The van der Waals surface area contributed by atoms with Crippen LogP contribution in [0.15, 0.2) is 30.5 Å². The monoisotopic (exact) mass is 270 g/mol. The van der Waals surface area contributed by atoms with Crippen LogP contribution in [0.3, 0.4) is 0 Å². The zero-order valence-corrected chi connectivity index (χ0v) is 12.7. The van der Waals surface area contributed by atoms with E-state index in [0.29, 0.717) is 0 Å². The minimum Gasteiger partial charge on any atom is -0.377 e. The summed E-state index contributed by atoms with van der Waals surface area (Å²) in [5.41, 5.74) is 4.56. The highest BCUT2D eigenvalue weighted by Crippen LogP contribution is 2.26. The van der Waals surface area contributed by atoms with Crippen molar-refractivity contribution in [3.63, 3.8) is 0 Å². The molecule has 0 N–H and O–H groups in total. The minimum atomic E-state index is 0.0903. The second-order valence-corrected chi connectivity index (χ2v) is 5.04. The van der Waals surface area contributed by atoms with E-state index >= 15 is 0 Å². The maximum Gasteiger partial charge on any atom is 0.125 e. The van der Waals surface area contributed by atoms with Crippen LogP contribution in [0.2, 0.25) is 0 Å². The van der Waals surface area contributed by atoms with E-state index in [4.69, 9.17) is 4.74 Å². The molecule has 1 unspecified atom stereocenters. The third-order valence-corrected chi connectivity index (χ3v) is 3.49. The molecule has 1 aromatic carbocycles. The molecular formula is C17H22N2O. The van der Waals surface area contributed by atoms with Crippen LogP contribution in [0, 0.1) is 6.92 Å². The summed E-state index contributed by atoms with van der Waals surface area (Å²) in [5, 5.41) is 0. The summed E-state index contributed by atoms with van der Waals surface area (Å²) in [4.78, 5) is 8.96. The van der Waals surface area contributed by atoms with Crippen molar-refractivity contribution in [3.05, 3.63) is 47.4 Å². The van der Waals surface area contributed by atoms with E-state index in [1.807, 2.05) is 13.1 Å². The molecule has 1 atom stereocenters. The van der Waals surface area contributed by atoms with E-state index in [1.165, 1.54) is 11.1 Å². The average Bonchev–Trinajstić information content (AvgIpc) is 2.48. The van der Waals surface area contributed by atoms with Crippen molar-refractivity contribution in [3.8, 4) is 11.3 Å². The van der Waals surface area contributed by atoms with Crippen molar-refractivity contribution in [2.45, 2.75) is 39.7 Å². The van der Waals surface area contributed by atoms with Gasteiger partial charge in [0.2, 0.25) is 0 Å². The van der Waals surface area contributed by atoms with Gasteiger partial charge in [0.1, 0.15) is 5.82 Å². The molecule has 0 aliphatic heterocycles. The zero-order valence-electron chi connectivity index (χ0n) is 12.7. The number of hydrogen-bond acceptors (Lipinski definition) is 3. The van der Waals surface area contributed by atoms with Gasteiger partial charge in [-0.2, -0.15) is 0 Å². The first-order valence-electron chi connectivity index (χ1n) is 7.11. The minimum absolute atomic E-state index is 0.0903. The highest BCUT2D eigenvalue weighted by Gasteiger charge is 2.10. The van der Waals surface area contributed by atoms with Crippen LogP contribution in [0.5, 0.6) is 0 Å². The van der Waals surface area contributed by atoms with Crippen molar-refractivity contribution in [1.29, 1.82) is 0 Å². The summed E-state index contributed by atoms with van der Waals surface area (Å²) in [6.45, 7) is 6.16. The van der Waals surface area contributed by atoms with Gasteiger partial charge in [0.15, 0.2) is 0 Å². The number of ether oxygens (including phenoxy) is 1. The van der Waals surface area contributed by atoms with Gasteiger partial charge in [0, 0.05) is 18.9 Å². The van der Waals surface area contributed by atoms with E-state index in [2.05, 4.69) is 48.1 Å². The second kappa shape index (κ2) is 6.62. The van der Waals surface area contributed by atoms with Gasteiger partial charge in [-0.1, -0.05) is 31.5 Å². The van der Waals surface area contributed by atoms with Gasteiger partial charge in [-0.25, -0.2) is 9.97 Å². The smallest absolute Gasteiger partial charge is 0.125 e. The highest BCUT2D eigenvalue weighted by molar-refractivity contribution is 5.63.